The molecule has 0 unspecified atom stereocenters. The van der Waals surface area contributed by atoms with Gasteiger partial charge in [0.15, 0.2) is 0 Å². The molecule has 0 aromatic carbocycles. The van der Waals surface area contributed by atoms with Crippen molar-refractivity contribution in [2.75, 3.05) is 0 Å². The van der Waals surface area contributed by atoms with Crippen molar-refractivity contribution < 1.29 is 24.9 Å². The summed E-state index contributed by atoms with van der Waals surface area (Å²) < 4.78 is 0. The molecule has 3 N–H and O–H groups in total. The highest BCUT2D eigenvalue weighted by Gasteiger charge is 2.66. The van der Waals surface area contributed by atoms with Crippen molar-refractivity contribution in [3.63, 3.8) is 0 Å². The van der Waals surface area contributed by atoms with Crippen LogP contribution in [0.1, 0.15) is 93.4 Å². The van der Waals surface area contributed by atoms with Crippen LogP contribution in [0.25, 0.3) is 0 Å². The van der Waals surface area contributed by atoms with E-state index in [-0.39, 0.29) is 46.9 Å². The molecule has 0 heterocycles. The molecule has 2 fully saturated rings. The Bertz CT molecular complexity index is 960. The van der Waals surface area contributed by atoms with Gasteiger partial charge >= 0.3 is 5.97 Å². The highest BCUT2D eigenvalue weighted by atomic mass is 16.4. The Hall–Kier alpha value is -1.46. The van der Waals surface area contributed by atoms with Crippen molar-refractivity contribution in [2.45, 2.75) is 106 Å². The molecule has 0 radical (unpaired) electrons. The number of ketones is 1. The zero-order valence-electron chi connectivity index (χ0n) is 22.7. The third-order valence-electron chi connectivity index (χ3n) is 11.4. The molecular weight excluding hydrogens is 440 g/mol. The van der Waals surface area contributed by atoms with E-state index in [1.54, 1.807) is 0 Å². The number of hydrogen-bond donors (Lipinski definition) is 3. The zero-order chi connectivity index (χ0) is 26.1. The first-order valence-electron chi connectivity index (χ1n) is 13.6. The Morgan fingerprint density at radius 2 is 1.71 bits per heavy atom. The zero-order valence-corrected chi connectivity index (χ0v) is 22.7. The number of carbonyl (C=O) groups is 2. The number of Topliss-reactive ketones (excluding diaryl/α,β-unsaturated/α-hetero) is 1. The first-order valence-corrected chi connectivity index (χ1v) is 13.6. The van der Waals surface area contributed by atoms with Crippen LogP contribution in [0.15, 0.2) is 23.3 Å². The van der Waals surface area contributed by atoms with Gasteiger partial charge in [0.2, 0.25) is 0 Å². The molecule has 4 rings (SSSR count). The van der Waals surface area contributed by atoms with Gasteiger partial charge in [-0.3, -0.25) is 9.59 Å². The average molecular weight is 487 g/mol. The monoisotopic (exact) mass is 486 g/mol. The molecular formula is C30H46O5. The van der Waals surface area contributed by atoms with E-state index in [1.165, 1.54) is 11.1 Å². The van der Waals surface area contributed by atoms with Gasteiger partial charge in [-0.2, -0.15) is 0 Å². The van der Waals surface area contributed by atoms with Crippen LogP contribution in [0.3, 0.4) is 0 Å². The molecule has 196 valence electrons. The Morgan fingerprint density at radius 1 is 1.06 bits per heavy atom. The lowest BCUT2D eigenvalue weighted by Crippen LogP contribution is -2.54. The standard InChI is InChI=1S/C30H46O5/c1-17(2)21(31)10-8-18(26(34)35)25-22(32)16-30(7)20-9-11-23-27(3,4)24(33)13-14-28(23,5)19(20)12-15-29(25,30)6/h9,12,17-18,22-25,32-33H,8,10-11,13-16H2,1-7H3,(H,34,35)/t18-,22-,23+,24-,25+,28-,29-,30+/m1/s1. The quantitative estimate of drug-likeness (QED) is 0.458. The van der Waals surface area contributed by atoms with Crippen LogP contribution in [0.4, 0.5) is 0 Å². The number of carboxylic acid groups (broad SMARTS) is 1. The minimum Gasteiger partial charge on any atom is -0.481 e. The van der Waals surface area contributed by atoms with E-state index in [4.69, 9.17) is 0 Å². The summed E-state index contributed by atoms with van der Waals surface area (Å²) in [4.78, 5) is 24.8. The van der Waals surface area contributed by atoms with E-state index in [0.29, 0.717) is 12.3 Å². The largest absolute Gasteiger partial charge is 0.481 e. The van der Waals surface area contributed by atoms with Gasteiger partial charge in [0.1, 0.15) is 5.78 Å². The van der Waals surface area contributed by atoms with Crippen molar-refractivity contribution in [1.29, 1.82) is 0 Å². The molecule has 0 saturated heterocycles. The van der Waals surface area contributed by atoms with E-state index in [1.807, 2.05) is 13.8 Å². The van der Waals surface area contributed by atoms with Gasteiger partial charge < -0.3 is 15.3 Å². The molecule has 0 spiro atoms. The van der Waals surface area contributed by atoms with Gasteiger partial charge in [-0.1, -0.05) is 60.6 Å². The minimum absolute atomic E-state index is 0.0317. The maximum Gasteiger partial charge on any atom is 0.306 e. The number of carboxylic acids is 1. The third kappa shape index (κ3) is 3.70. The predicted molar refractivity (Wildman–Crippen MR) is 137 cm³/mol. The van der Waals surface area contributed by atoms with Crippen LogP contribution >= 0.6 is 0 Å². The van der Waals surface area contributed by atoms with Crippen molar-refractivity contribution in [2.24, 2.45) is 45.3 Å². The second kappa shape index (κ2) is 8.55. The first-order chi connectivity index (χ1) is 16.1. The Labute approximate surface area is 211 Å². The van der Waals surface area contributed by atoms with Gasteiger partial charge in [-0.05, 0) is 71.8 Å². The molecule has 0 aromatic rings. The fraction of sp³-hybridized carbons (Fsp3) is 0.800. The van der Waals surface area contributed by atoms with Crippen LogP contribution in [-0.2, 0) is 9.59 Å². The summed E-state index contributed by atoms with van der Waals surface area (Å²) in [6.45, 7) is 14.9. The highest BCUT2D eigenvalue weighted by Crippen LogP contribution is 2.71. The molecule has 5 nitrogen and oxygen atoms in total. The number of hydrogen-bond acceptors (Lipinski definition) is 4. The van der Waals surface area contributed by atoms with E-state index < -0.39 is 29.3 Å². The Balaban J connectivity index is 1.72. The van der Waals surface area contributed by atoms with Crippen molar-refractivity contribution in [3.05, 3.63) is 23.3 Å². The van der Waals surface area contributed by atoms with E-state index in [0.717, 1.165) is 25.7 Å². The summed E-state index contributed by atoms with van der Waals surface area (Å²) in [6.07, 6.45) is 8.09. The summed E-state index contributed by atoms with van der Waals surface area (Å²) in [6, 6.07) is 0. The van der Waals surface area contributed by atoms with E-state index >= 15 is 0 Å². The Kier molecular flexibility index (Phi) is 6.50. The number of aliphatic hydroxyl groups is 2. The van der Waals surface area contributed by atoms with E-state index in [2.05, 4.69) is 46.8 Å². The van der Waals surface area contributed by atoms with Crippen LogP contribution < -0.4 is 0 Å². The van der Waals surface area contributed by atoms with Crippen LogP contribution in [-0.4, -0.2) is 39.3 Å². The molecule has 4 aliphatic carbocycles. The van der Waals surface area contributed by atoms with Gasteiger partial charge in [0.05, 0.1) is 18.1 Å². The van der Waals surface area contributed by atoms with Crippen LogP contribution in [0, 0.1) is 45.3 Å². The lowest BCUT2D eigenvalue weighted by atomic mass is 9.44. The summed E-state index contributed by atoms with van der Waals surface area (Å²) in [5.74, 6) is -1.74. The number of fused-ring (bicyclic) bond motifs is 5. The number of aliphatic hydroxyl groups excluding tert-OH is 2. The molecule has 35 heavy (non-hydrogen) atoms. The number of carbonyl (C=O) groups excluding carboxylic acids is 1. The van der Waals surface area contributed by atoms with E-state index in [9.17, 15) is 24.9 Å². The van der Waals surface area contributed by atoms with Crippen LogP contribution in [0.2, 0.25) is 0 Å². The second-order valence-corrected chi connectivity index (χ2v) is 13.7. The van der Waals surface area contributed by atoms with Crippen LogP contribution in [0.5, 0.6) is 0 Å². The average Bonchev–Trinajstić information content (AvgIpc) is 2.97. The predicted octanol–water partition coefficient (Wildman–Crippen LogP) is 5.55. The lowest BCUT2D eigenvalue weighted by molar-refractivity contribution is -0.148. The topological polar surface area (TPSA) is 94.8 Å². The fourth-order valence-electron chi connectivity index (χ4n) is 8.86. The third-order valence-corrected chi connectivity index (χ3v) is 11.4. The number of allylic oxidation sites excluding steroid dienone is 4. The lowest BCUT2D eigenvalue weighted by Gasteiger charge is -2.61. The first kappa shape index (κ1) is 26.6. The SMILES string of the molecule is CC(C)C(=O)CC[C@@H](C(=O)O)[C@H]1[C@H](O)C[C@@]2(C)C3=CC[C@H]4C(C)(C)[C@H](O)CC[C@]4(C)C3=CC[C@]12C. The summed E-state index contributed by atoms with van der Waals surface area (Å²) >= 11 is 0. The molecule has 0 aliphatic heterocycles. The van der Waals surface area contributed by atoms with Crippen molar-refractivity contribution in [3.8, 4) is 0 Å². The number of rotatable bonds is 6. The minimum atomic E-state index is -0.904. The molecule has 0 aromatic heterocycles. The van der Waals surface area contributed by atoms with Crippen molar-refractivity contribution >= 4 is 11.8 Å². The normalized spacial score (nSPS) is 42.9. The van der Waals surface area contributed by atoms with Gasteiger partial charge in [0.25, 0.3) is 0 Å². The Morgan fingerprint density at radius 3 is 2.31 bits per heavy atom. The van der Waals surface area contributed by atoms with Gasteiger partial charge in [0, 0.05) is 23.7 Å². The highest BCUT2D eigenvalue weighted by molar-refractivity contribution is 5.81. The summed E-state index contributed by atoms with van der Waals surface area (Å²) in [7, 11) is 0. The van der Waals surface area contributed by atoms with Gasteiger partial charge in [-0.15, -0.1) is 0 Å². The summed E-state index contributed by atoms with van der Waals surface area (Å²) in [5, 5.41) is 32.4. The number of aliphatic carboxylic acids is 1. The fourth-order valence-corrected chi connectivity index (χ4v) is 8.86. The van der Waals surface area contributed by atoms with Gasteiger partial charge in [-0.25, -0.2) is 0 Å². The maximum absolute atomic E-state index is 12.5. The molecule has 5 heteroatoms. The molecule has 0 amide bonds. The molecule has 2 saturated carbocycles. The molecule has 0 bridgehead atoms. The second-order valence-electron chi connectivity index (χ2n) is 13.7. The summed E-state index contributed by atoms with van der Waals surface area (Å²) in [5.41, 5.74) is 1.72. The smallest absolute Gasteiger partial charge is 0.306 e. The maximum atomic E-state index is 12.5. The molecule has 8 atom stereocenters. The van der Waals surface area contributed by atoms with Crippen molar-refractivity contribution in [1.82, 2.24) is 0 Å². The molecule has 4 aliphatic rings.